The van der Waals surface area contributed by atoms with Gasteiger partial charge in [0.1, 0.15) is 0 Å². The predicted octanol–water partition coefficient (Wildman–Crippen LogP) is 0.994. The highest BCUT2D eigenvalue weighted by atomic mass is 15.3. The molecule has 0 amide bonds. The van der Waals surface area contributed by atoms with Crippen molar-refractivity contribution in [3.05, 3.63) is 0 Å². The number of nitrogens with two attached hydrogens (primary N) is 1. The van der Waals surface area contributed by atoms with Crippen molar-refractivity contribution in [2.45, 2.75) is 46.1 Å². The number of rotatable bonds is 5. The van der Waals surface area contributed by atoms with E-state index >= 15 is 0 Å². The molecule has 0 aromatic heterocycles. The number of aliphatic imine (C=N–C) groups is 1. The summed E-state index contributed by atoms with van der Waals surface area (Å²) in [4.78, 5) is 4.27. The van der Waals surface area contributed by atoms with Crippen LogP contribution in [0.2, 0.25) is 0 Å². The van der Waals surface area contributed by atoms with Crippen LogP contribution in [-0.2, 0) is 0 Å². The molecular formula is C9H22N4. The van der Waals surface area contributed by atoms with Gasteiger partial charge in [-0.15, -0.1) is 0 Å². The lowest BCUT2D eigenvalue weighted by molar-refractivity contribution is 0.559. The lowest BCUT2D eigenvalue weighted by Crippen LogP contribution is -2.46. The fourth-order valence-electron chi connectivity index (χ4n) is 1.04. The molecule has 0 saturated carbocycles. The quantitative estimate of drug-likeness (QED) is 0.260. The van der Waals surface area contributed by atoms with E-state index in [1.54, 1.807) is 0 Å². The van der Waals surface area contributed by atoms with Gasteiger partial charge in [-0.05, 0) is 19.3 Å². The van der Waals surface area contributed by atoms with Crippen LogP contribution in [0, 0.1) is 0 Å². The summed E-state index contributed by atoms with van der Waals surface area (Å²) in [6.45, 7) is 7.20. The van der Waals surface area contributed by atoms with E-state index in [1.807, 2.05) is 0 Å². The molecular weight excluding hydrogens is 164 g/mol. The third-order valence-corrected chi connectivity index (χ3v) is 1.96. The molecule has 0 unspecified atom stereocenters. The molecule has 4 nitrogen and oxygen atoms in total. The van der Waals surface area contributed by atoms with Gasteiger partial charge in [0.2, 0.25) is 5.96 Å². The fraction of sp³-hybridized carbons (Fsp3) is 0.889. The summed E-state index contributed by atoms with van der Waals surface area (Å²) >= 11 is 0. The summed E-state index contributed by atoms with van der Waals surface area (Å²) in [6.07, 6.45) is 3.21. The van der Waals surface area contributed by atoms with Gasteiger partial charge in [-0.1, -0.05) is 20.8 Å². The van der Waals surface area contributed by atoms with Gasteiger partial charge < -0.3 is 5.32 Å². The first-order valence-corrected chi connectivity index (χ1v) is 5.06. The van der Waals surface area contributed by atoms with Gasteiger partial charge in [0, 0.05) is 12.6 Å². The molecule has 0 spiro atoms. The van der Waals surface area contributed by atoms with Crippen molar-refractivity contribution in [1.82, 2.24) is 10.7 Å². The second kappa shape index (κ2) is 7.86. The van der Waals surface area contributed by atoms with Gasteiger partial charge in [-0.3, -0.25) is 10.4 Å². The number of hydrogen-bond acceptors (Lipinski definition) is 2. The van der Waals surface area contributed by atoms with E-state index in [2.05, 4.69) is 36.5 Å². The van der Waals surface area contributed by atoms with Gasteiger partial charge in [-0.2, -0.15) is 0 Å². The minimum atomic E-state index is 0.464. The number of hydrazine groups is 1. The molecule has 4 N–H and O–H groups in total. The van der Waals surface area contributed by atoms with Crippen molar-refractivity contribution in [1.29, 1.82) is 0 Å². The Bertz CT molecular complexity index is 141. The van der Waals surface area contributed by atoms with Crippen molar-refractivity contribution in [2.75, 3.05) is 6.54 Å². The second-order valence-corrected chi connectivity index (χ2v) is 3.03. The van der Waals surface area contributed by atoms with Gasteiger partial charge >= 0.3 is 0 Å². The van der Waals surface area contributed by atoms with Crippen LogP contribution in [-0.4, -0.2) is 18.5 Å². The molecule has 0 rings (SSSR count). The lowest BCUT2D eigenvalue weighted by atomic mass is 10.2. The van der Waals surface area contributed by atoms with Crippen molar-refractivity contribution >= 4 is 5.96 Å². The monoisotopic (exact) mass is 186 g/mol. The maximum atomic E-state index is 5.33. The van der Waals surface area contributed by atoms with E-state index < -0.39 is 0 Å². The first-order valence-electron chi connectivity index (χ1n) is 5.06. The molecule has 78 valence electrons. The Labute approximate surface area is 81.0 Å². The molecule has 0 aromatic carbocycles. The molecule has 0 atom stereocenters. The van der Waals surface area contributed by atoms with Crippen molar-refractivity contribution in [3.63, 3.8) is 0 Å². The van der Waals surface area contributed by atoms with E-state index in [0.717, 1.165) is 25.8 Å². The molecule has 0 fully saturated rings. The number of guanidine groups is 1. The Kier molecular flexibility index (Phi) is 7.39. The Morgan fingerprint density at radius 1 is 1.31 bits per heavy atom. The van der Waals surface area contributed by atoms with Crippen molar-refractivity contribution in [3.8, 4) is 0 Å². The zero-order chi connectivity index (χ0) is 10.1. The molecule has 0 radical (unpaired) electrons. The normalized spacial score (nSPS) is 11.9. The molecule has 0 heterocycles. The van der Waals surface area contributed by atoms with Gasteiger partial charge in [-0.25, -0.2) is 5.84 Å². The van der Waals surface area contributed by atoms with Crippen LogP contribution in [0.1, 0.15) is 40.0 Å². The third kappa shape index (κ3) is 5.47. The lowest BCUT2D eigenvalue weighted by Gasteiger charge is -2.17. The van der Waals surface area contributed by atoms with Crippen LogP contribution in [0.4, 0.5) is 0 Å². The summed E-state index contributed by atoms with van der Waals surface area (Å²) < 4.78 is 0. The summed E-state index contributed by atoms with van der Waals surface area (Å²) in [7, 11) is 0. The molecule has 0 saturated heterocycles. The summed E-state index contributed by atoms with van der Waals surface area (Å²) in [5.41, 5.74) is 2.57. The zero-order valence-electron chi connectivity index (χ0n) is 8.93. The molecule has 13 heavy (non-hydrogen) atoms. The molecule has 4 heteroatoms. The SMILES string of the molecule is CCCN=C(NN)NC(CC)CC. The van der Waals surface area contributed by atoms with E-state index in [0.29, 0.717) is 12.0 Å². The standard InChI is InChI=1S/C9H22N4/c1-4-7-11-9(13-10)12-8(5-2)6-3/h8H,4-7,10H2,1-3H3,(H2,11,12,13). The van der Waals surface area contributed by atoms with Crippen LogP contribution < -0.4 is 16.6 Å². The Hall–Kier alpha value is -0.770. The first-order chi connectivity index (χ1) is 6.28. The molecule has 0 aromatic rings. The minimum absolute atomic E-state index is 0.464. The second-order valence-electron chi connectivity index (χ2n) is 3.03. The highest BCUT2D eigenvalue weighted by molar-refractivity contribution is 5.79. The molecule has 0 bridgehead atoms. The highest BCUT2D eigenvalue weighted by Crippen LogP contribution is 1.95. The smallest absolute Gasteiger partial charge is 0.205 e. The topological polar surface area (TPSA) is 62.4 Å². The minimum Gasteiger partial charge on any atom is -0.353 e. The van der Waals surface area contributed by atoms with E-state index in [-0.39, 0.29) is 0 Å². The van der Waals surface area contributed by atoms with Crippen molar-refractivity contribution < 1.29 is 0 Å². The molecule has 0 aliphatic carbocycles. The van der Waals surface area contributed by atoms with Crippen molar-refractivity contribution in [2.24, 2.45) is 10.8 Å². The average Bonchev–Trinajstić information content (AvgIpc) is 2.19. The van der Waals surface area contributed by atoms with E-state index in [9.17, 15) is 0 Å². The summed E-state index contributed by atoms with van der Waals surface area (Å²) in [5, 5.41) is 3.25. The van der Waals surface area contributed by atoms with E-state index in [4.69, 9.17) is 5.84 Å². The summed E-state index contributed by atoms with van der Waals surface area (Å²) in [5.74, 6) is 6.03. The number of nitrogens with one attached hydrogen (secondary N) is 2. The van der Waals surface area contributed by atoms with E-state index in [1.165, 1.54) is 0 Å². The van der Waals surface area contributed by atoms with Crippen LogP contribution in [0.25, 0.3) is 0 Å². The Morgan fingerprint density at radius 2 is 1.92 bits per heavy atom. The third-order valence-electron chi connectivity index (χ3n) is 1.96. The fourth-order valence-corrected chi connectivity index (χ4v) is 1.04. The Morgan fingerprint density at radius 3 is 2.31 bits per heavy atom. The van der Waals surface area contributed by atoms with Crippen LogP contribution >= 0.6 is 0 Å². The summed E-state index contributed by atoms with van der Waals surface area (Å²) in [6, 6.07) is 0.464. The maximum Gasteiger partial charge on any atom is 0.205 e. The average molecular weight is 186 g/mol. The van der Waals surface area contributed by atoms with Gasteiger partial charge in [0.25, 0.3) is 0 Å². The number of hydrogen-bond donors (Lipinski definition) is 3. The molecule has 0 aliphatic rings. The van der Waals surface area contributed by atoms with Gasteiger partial charge in [0.05, 0.1) is 0 Å². The van der Waals surface area contributed by atoms with Gasteiger partial charge in [0.15, 0.2) is 0 Å². The van der Waals surface area contributed by atoms with Crippen LogP contribution in [0.3, 0.4) is 0 Å². The largest absolute Gasteiger partial charge is 0.353 e. The Balaban J connectivity index is 3.94. The van der Waals surface area contributed by atoms with Crippen LogP contribution in [0.5, 0.6) is 0 Å². The highest BCUT2D eigenvalue weighted by Gasteiger charge is 2.04. The zero-order valence-corrected chi connectivity index (χ0v) is 8.93. The number of nitrogens with zero attached hydrogens (tertiary/aromatic N) is 1. The first kappa shape index (κ1) is 12.2. The van der Waals surface area contributed by atoms with Crippen LogP contribution in [0.15, 0.2) is 4.99 Å². The maximum absolute atomic E-state index is 5.33. The predicted molar refractivity (Wildman–Crippen MR) is 57.4 cm³/mol. The molecule has 0 aliphatic heterocycles.